The molecule has 1 saturated heterocycles. The Kier molecular flexibility index (Phi) is 7.17. The van der Waals surface area contributed by atoms with Gasteiger partial charge >= 0.3 is 5.69 Å². The average molecular weight is 523 g/mol. The van der Waals surface area contributed by atoms with Crippen molar-refractivity contribution in [3.8, 4) is 5.75 Å². The first kappa shape index (κ1) is 24.9. The van der Waals surface area contributed by atoms with Gasteiger partial charge in [-0.3, -0.25) is 14.3 Å². The van der Waals surface area contributed by atoms with Crippen LogP contribution in [-0.4, -0.2) is 68.1 Å². The highest BCUT2D eigenvalue weighted by atomic mass is 32.2. The van der Waals surface area contributed by atoms with E-state index in [0.717, 1.165) is 48.5 Å². The van der Waals surface area contributed by atoms with Crippen LogP contribution in [-0.2, 0) is 13.6 Å². The monoisotopic (exact) mass is 522 g/mol. The maximum atomic E-state index is 12.9. The van der Waals surface area contributed by atoms with Crippen molar-refractivity contribution in [3.05, 3.63) is 63.6 Å². The molecule has 0 aliphatic carbocycles. The molecule has 1 aromatic carbocycles. The van der Waals surface area contributed by atoms with Crippen molar-refractivity contribution in [2.24, 2.45) is 13.0 Å². The van der Waals surface area contributed by atoms with Crippen LogP contribution in [0.1, 0.15) is 6.92 Å². The molecule has 1 aliphatic rings. The van der Waals surface area contributed by atoms with Crippen LogP contribution in [0.5, 0.6) is 5.75 Å². The number of aryl methyl sites for hydroxylation is 1. The summed E-state index contributed by atoms with van der Waals surface area (Å²) in [6, 6.07) is 9.85. The number of benzene rings is 1. The number of thioether (sulfide) groups is 1. The van der Waals surface area contributed by atoms with Crippen molar-refractivity contribution >= 4 is 34.6 Å². The molecule has 1 fully saturated rings. The Bertz CT molecular complexity index is 1470. The summed E-state index contributed by atoms with van der Waals surface area (Å²) in [5, 5.41) is 0.722. The molecule has 5 rings (SSSR count). The number of nitrogens with one attached hydrogen (secondary N) is 1. The number of hydrogen-bond donors (Lipinski definition) is 1. The lowest BCUT2D eigenvalue weighted by Gasteiger charge is -2.37. The number of fused-ring (bicyclic) bond motifs is 1. The molecule has 1 N–H and O–H groups in total. The number of H-pyrrole nitrogens is 1. The van der Waals surface area contributed by atoms with Gasteiger partial charge in [0, 0.05) is 63.6 Å². The molecule has 1 aliphatic heterocycles. The summed E-state index contributed by atoms with van der Waals surface area (Å²) in [6.07, 6.45) is 3.46. The Morgan fingerprint density at radius 1 is 1.05 bits per heavy atom. The predicted octanol–water partition coefficient (Wildman–Crippen LogP) is 1.98. The van der Waals surface area contributed by atoms with Gasteiger partial charge in [0.2, 0.25) is 5.95 Å². The summed E-state index contributed by atoms with van der Waals surface area (Å²) in [7, 11) is 3.30. The van der Waals surface area contributed by atoms with Crippen LogP contribution in [0, 0.1) is 5.92 Å². The van der Waals surface area contributed by atoms with E-state index in [2.05, 4.69) is 43.8 Å². The number of imidazole rings is 1. The van der Waals surface area contributed by atoms with Gasteiger partial charge in [-0.25, -0.2) is 14.8 Å². The maximum absolute atomic E-state index is 12.9. The predicted molar refractivity (Wildman–Crippen MR) is 145 cm³/mol. The first-order chi connectivity index (χ1) is 17.9. The number of aromatic nitrogens is 6. The molecule has 194 valence electrons. The largest absolute Gasteiger partial charge is 0.497 e. The van der Waals surface area contributed by atoms with E-state index in [-0.39, 0.29) is 5.92 Å². The van der Waals surface area contributed by atoms with Crippen molar-refractivity contribution < 1.29 is 4.74 Å². The van der Waals surface area contributed by atoms with Crippen LogP contribution in [0.2, 0.25) is 0 Å². The quantitative estimate of drug-likeness (QED) is 0.274. The average Bonchev–Trinajstić information content (AvgIpc) is 3.31. The number of nitrogens with zero attached hydrogens (tertiary/aromatic N) is 7. The lowest BCUT2D eigenvalue weighted by atomic mass is 10.2. The van der Waals surface area contributed by atoms with Crippen LogP contribution < -0.4 is 25.8 Å². The molecular formula is C25H30N8O3S. The van der Waals surface area contributed by atoms with Crippen molar-refractivity contribution in [3.63, 3.8) is 0 Å². The highest BCUT2D eigenvalue weighted by Crippen LogP contribution is 2.26. The second kappa shape index (κ2) is 10.7. The minimum Gasteiger partial charge on any atom is -0.497 e. The van der Waals surface area contributed by atoms with E-state index in [1.54, 1.807) is 44.4 Å². The van der Waals surface area contributed by atoms with E-state index < -0.39 is 11.2 Å². The first-order valence-corrected chi connectivity index (χ1v) is 13.2. The van der Waals surface area contributed by atoms with Crippen molar-refractivity contribution in [1.29, 1.82) is 0 Å². The van der Waals surface area contributed by atoms with Gasteiger partial charge in [-0.1, -0.05) is 18.7 Å². The Morgan fingerprint density at radius 2 is 1.73 bits per heavy atom. The fourth-order valence-electron chi connectivity index (χ4n) is 4.54. The Balaban J connectivity index is 1.40. The summed E-state index contributed by atoms with van der Waals surface area (Å²) in [5.74, 6) is 2.52. The molecule has 0 saturated carbocycles. The number of piperazine rings is 1. The Morgan fingerprint density at radius 3 is 2.41 bits per heavy atom. The molecule has 0 amide bonds. The zero-order valence-electron chi connectivity index (χ0n) is 21.1. The van der Waals surface area contributed by atoms with Crippen molar-refractivity contribution in [2.75, 3.05) is 48.8 Å². The summed E-state index contributed by atoms with van der Waals surface area (Å²) in [4.78, 5) is 45.6. The van der Waals surface area contributed by atoms with E-state index in [1.807, 2.05) is 16.7 Å². The first-order valence-electron chi connectivity index (χ1n) is 12.2. The van der Waals surface area contributed by atoms with Crippen molar-refractivity contribution in [1.82, 2.24) is 29.1 Å². The van der Waals surface area contributed by atoms with Crippen molar-refractivity contribution in [2.45, 2.75) is 18.6 Å². The molecule has 11 nitrogen and oxygen atoms in total. The van der Waals surface area contributed by atoms with Gasteiger partial charge in [0.25, 0.3) is 5.56 Å². The zero-order chi connectivity index (χ0) is 25.9. The molecular weight excluding hydrogens is 492 g/mol. The smallest absolute Gasteiger partial charge is 0.329 e. The fourth-order valence-corrected chi connectivity index (χ4v) is 5.35. The molecule has 0 radical (unpaired) electrons. The van der Waals surface area contributed by atoms with Gasteiger partial charge in [-0.2, -0.15) is 4.98 Å². The second-order valence-electron chi connectivity index (χ2n) is 9.13. The summed E-state index contributed by atoms with van der Waals surface area (Å²) in [6.45, 7) is 5.79. The van der Waals surface area contributed by atoms with Gasteiger partial charge in [0.05, 0.1) is 7.11 Å². The number of hydrogen-bond acceptors (Lipinski definition) is 9. The highest BCUT2D eigenvalue weighted by Gasteiger charge is 2.26. The standard InChI is InChI=1S/C25H30N8O3S/c1-17(16-37-23-26-9-4-10-27-23)15-33-20-21(30(2)25(35)29-22(20)34)28-24(33)32-13-11-31(12-14-32)18-5-7-19(36-3)8-6-18/h4-10,17H,11-16H2,1-3H3,(H,29,34,35)/t17-/m0/s1. The van der Waals surface area contributed by atoms with E-state index >= 15 is 0 Å². The third-order valence-corrected chi connectivity index (χ3v) is 7.73. The van der Waals surface area contributed by atoms with Crippen LogP contribution in [0.3, 0.4) is 0 Å². The lowest BCUT2D eigenvalue weighted by Crippen LogP contribution is -2.47. The van der Waals surface area contributed by atoms with Crippen LogP contribution >= 0.6 is 11.8 Å². The molecule has 1 atom stereocenters. The number of aromatic amines is 1. The summed E-state index contributed by atoms with van der Waals surface area (Å²) < 4.78 is 8.65. The third kappa shape index (κ3) is 5.19. The molecule has 0 unspecified atom stereocenters. The highest BCUT2D eigenvalue weighted by molar-refractivity contribution is 7.99. The fraction of sp³-hybridized carbons (Fsp3) is 0.400. The van der Waals surface area contributed by atoms with E-state index in [0.29, 0.717) is 23.7 Å². The van der Waals surface area contributed by atoms with Gasteiger partial charge in [-0.05, 0) is 36.2 Å². The van der Waals surface area contributed by atoms with E-state index in [9.17, 15) is 9.59 Å². The topological polar surface area (TPSA) is 114 Å². The number of methoxy groups -OCH3 is 1. The molecule has 4 aromatic rings. The van der Waals surface area contributed by atoms with Crippen LogP contribution in [0.4, 0.5) is 11.6 Å². The third-order valence-electron chi connectivity index (χ3n) is 6.52. The second-order valence-corrected chi connectivity index (χ2v) is 10.1. The van der Waals surface area contributed by atoms with Gasteiger partial charge < -0.3 is 19.1 Å². The molecule has 37 heavy (non-hydrogen) atoms. The molecule has 3 aromatic heterocycles. The lowest BCUT2D eigenvalue weighted by molar-refractivity contribution is 0.415. The molecule has 12 heteroatoms. The normalized spacial score (nSPS) is 14.8. The number of anilines is 2. The van der Waals surface area contributed by atoms with Crippen LogP contribution in [0.25, 0.3) is 11.2 Å². The van der Waals surface area contributed by atoms with Gasteiger partial charge in [0.15, 0.2) is 16.3 Å². The van der Waals surface area contributed by atoms with Gasteiger partial charge in [0.1, 0.15) is 5.75 Å². The maximum Gasteiger partial charge on any atom is 0.329 e. The Labute approximate surface area is 218 Å². The van der Waals surface area contributed by atoms with E-state index in [1.165, 1.54) is 4.57 Å². The number of rotatable bonds is 8. The summed E-state index contributed by atoms with van der Waals surface area (Å²) in [5.41, 5.74) is 1.07. The SMILES string of the molecule is COc1ccc(N2CCN(c3nc4c(c(=O)[nH]c(=O)n4C)n3C[C@H](C)CSc3ncccn3)CC2)cc1. The number of ether oxygens (including phenoxy) is 1. The molecule has 0 spiro atoms. The van der Waals surface area contributed by atoms with Crippen LogP contribution in [0.15, 0.2) is 57.5 Å². The summed E-state index contributed by atoms with van der Waals surface area (Å²) >= 11 is 1.58. The Hall–Kier alpha value is -3.80. The zero-order valence-corrected chi connectivity index (χ0v) is 21.9. The molecule has 4 heterocycles. The van der Waals surface area contributed by atoms with Gasteiger partial charge in [-0.15, -0.1) is 0 Å². The minimum absolute atomic E-state index is 0.196. The molecule has 0 bridgehead atoms. The van der Waals surface area contributed by atoms with E-state index in [4.69, 9.17) is 9.72 Å². The minimum atomic E-state index is -0.470.